The van der Waals surface area contributed by atoms with E-state index in [9.17, 15) is 9.59 Å². The Morgan fingerprint density at radius 1 is 1.26 bits per heavy atom. The summed E-state index contributed by atoms with van der Waals surface area (Å²) in [7, 11) is 0. The van der Waals surface area contributed by atoms with Gasteiger partial charge in [-0.25, -0.2) is 9.78 Å². The third-order valence-electron chi connectivity index (χ3n) is 2.91. The van der Waals surface area contributed by atoms with Crippen LogP contribution in [0.1, 0.15) is 26.7 Å². The molecule has 104 valence electrons. The zero-order valence-electron chi connectivity index (χ0n) is 11.2. The van der Waals surface area contributed by atoms with Gasteiger partial charge < -0.3 is 15.0 Å². The average Bonchev–Trinajstić information content (AvgIpc) is 2.89. The largest absolute Gasteiger partial charge is 0.478 e. The number of aryl methyl sites for hydroxylation is 1. The summed E-state index contributed by atoms with van der Waals surface area (Å²) in [5.74, 6) is -1.38. The molecule has 1 aromatic heterocycles. The number of unbranched alkanes of at least 4 members (excludes halogenated alkanes) is 1. The van der Waals surface area contributed by atoms with Crippen LogP contribution in [0.15, 0.2) is 29.9 Å². The molecule has 19 heavy (non-hydrogen) atoms. The molecule has 1 rings (SSSR count). The molecule has 1 aromatic rings. The molecule has 0 atom stereocenters. The van der Waals surface area contributed by atoms with Crippen molar-refractivity contribution in [3.63, 3.8) is 0 Å². The van der Waals surface area contributed by atoms with Crippen molar-refractivity contribution in [1.29, 1.82) is 0 Å². The smallest absolute Gasteiger partial charge is 0.331 e. The van der Waals surface area contributed by atoms with Gasteiger partial charge in [-0.2, -0.15) is 0 Å². The summed E-state index contributed by atoms with van der Waals surface area (Å²) in [6, 6.07) is 0. The lowest BCUT2D eigenvalue weighted by atomic mass is 10.1. The van der Waals surface area contributed by atoms with Crippen LogP contribution in [0.4, 0.5) is 0 Å². The lowest BCUT2D eigenvalue weighted by Gasteiger charge is -2.07. The summed E-state index contributed by atoms with van der Waals surface area (Å²) in [5, 5.41) is 11.5. The molecule has 0 unspecified atom stereocenters. The monoisotopic (exact) mass is 265 g/mol. The van der Waals surface area contributed by atoms with Crippen molar-refractivity contribution in [2.45, 2.75) is 33.2 Å². The molecule has 0 radical (unpaired) electrons. The Hall–Kier alpha value is -2.11. The van der Waals surface area contributed by atoms with E-state index in [2.05, 4.69) is 10.3 Å². The lowest BCUT2D eigenvalue weighted by molar-refractivity contribution is -0.133. The van der Waals surface area contributed by atoms with Crippen molar-refractivity contribution in [2.24, 2.45) is 0 Å². The molecule has 0 aliphatic heterocycles. The number of aliphatic carboxylic acids is 1. The minimum atomic E-state index is -1.06. The number of aromatic nitrogens is 2. The highest BCUT2D eigenvalue weighted by Gasteiger charge is 2.11. The highest BCUT2D eigenvalue weighted by molar-refractivity contribution is 6.01. The summed E-state index contributed by atoms with van der Waals surface area (Å²) in [6.45, 7) is 4.34. The third kappa shape index (κ3) is 4.95. The molecule has 6 nitrogen and oxygen atoms in total. The fourth-order valence-corrected chi connectivity index (χ4v) is 1.50. The van der Waals surface area contributed by atoms with Crippen molar-refractivity contribution in [2.75, 3.05) is 6.54 Å². The molecule has 0 spiro atoms. The van der Waals surface area contributed by atoms with Crippen LogP contribution in [0.3, 0.4) is 0 Å². The molecule has 2 N–H and O–H groups in total. The molecular weight excluding hydrogens is 246 g/mol. The minimum absolute atomic E-state index is 0.0796. The Morgan fingerprint density at radius 3 is 2.58 bits per heavy atom. The van der Waals surface area contributed by atoms with Crippen molar-refractivity contribution >= 4 is 11.9 Å². The van der Waals surface area contributed by atoms with Gasteiger partial charge in [0.05, 0.1) is 6.33 Å². The van der Waals surface area contributed by atoms with Gasteiger partial charge >= 0.3 is 5.97 Å². The third-order valence-corrected chi connectivity index (χ3v) is 2.91. The number of hydrogen-bond donors (Lipinski definition) is 2. The first-order chi connectivity index (χ1) is 9.02. The number of nitrogens with one attached hydrogen (secondary N) is 1. The molecule has 0 fully saturated rings. The standard InChI is InChI=1S/C13H19N3O3/c1-10(11(2)13(18)19)12(17)15-5-3-4-7-16-8-6-14-9-16/h6,8-9H,3-5,7H2,1-2H3,(H,15,17)(H,18,19). The van der Waals surface area contributed by atoms with E-state index in [-0.39, 0.29) is 17.1 Å². The van der Waals surface area contributed by atoms with Crippen molar-refractivity contribution in [1.82, 2.24) is 14.9 Å². The number of carboxylic acids is 1. The fraction of sp³-hybridized carbons (Fsp3) is 0.462. The van der Waals surface area contributed by atoms with Gasteiger partial charge in [-0.05, 0) is 26.7 Å². The second kappa shape index (κ2) is 7.35. The number of hydrogen-bond acceptors (Lipinski definition) is 3. The number of rotatable bonds is 7. The molecular formula is C13H19N3O3. The Labute approximate surface area is 112 Å². The SMILES string of the molecule is CC(C(=O)O)=C(C)C(=O)NCCCCn1ccnc1. The van der Waals surface area contributed by atoms with Crippen molar-refractivity contribution in [3.8, 4) is 0 Å². The summed E-state index contributed by atoms with van der Waals surface area (Å²) >= 11 is 0. The zero-order valence-corrected chi connectivity index (χ0v) is 11.2. The van der Waals surface area contributed by atoms with Gasteiger partial charge in [-0.3, -0.25) is 4.79 Å². The van der Waals surface area contributed by atoms with Crippen molar-refractivity contribution in [3.05, 3.63) is 29.9 Å². The van der Waals surface area contributed by atoms with Crippen LogP contribution in [0, 0.1) is 0 Å². The van der Waals surface area contributed by atoms with Gasteiger partial charge in [0.15, 0.2) is 0 Å². The quantitative estimate of drug-likeness (QED) is 0.573. The Bertz CT molecular complexity index is 463. The van der Waals surface area contributed by atoms with Crippen LogP contribution < -0.4 is 5.32 Å². The van der Waals surface area contributed by atoms with Gasteiger partial charge in [0, 0.05) is 36.6 Å². The molecule has 0 saturated heterocycles. The van der Waals surface area contributed by atoms with Gasteiger partial charge in [0.1, 0.15) is 0 Å². The predicted octanol–water partition coefficient (Wildman–Crippen LogP) is 1.20. The fourth-order valence-electron chi connectivity index (χ4n) is 1.50. The van der Waals surface area contributed by atoms with E-state index >= 15 is 0 Å². The number of carbonyl (C=O) groups is 2. The topological polar surface area (TPSA) is 84.2 Å². The molecule has 0 bridgehead atoms. The summed E-state index contributed by atoms with van der Waals surface area (Å²) in [6.07, 6.45) is 7.13. The molecule has 1 amide bonds. The highest BCUT2D eigenvalue weighted by atomic mass is 16.4. The maximum atomic E-state index is 11.6. The average molecular weight is 265 g/mol. The van der Waals surface area contributed by atoms with E-state index in [1.807, 2.05) is 10.8 Å². The number of carboxylic acid groups (broad SMARTS) is 1. The number of imidazole rings is 1. The van der Waals surface area contributed by atoms with Crippen LogP contribution in [0.5, 0.6) is 0 Å². The molecule has 0 aliphatic carbocycles. The van der Waals surface area contributed by atoms with E-state index in [4.69, 9.17) is 5.11 Å². The lowest BCUT2D eigenvalue weighted by Crippen LogP contribution is -2.26. The molecule has 0 aromatic carbocycles. The number of amides is 1. The summed E-state index contributed by atoms with van der Waals surface area (Å²) < 4.78 is 1.97. The maximum absolute atomic E-state index is 11.6. The predicted molar refractivity (Wildman–Crippen MR) is 70.5 cm³/mol. The molecule has 0 aliphatic rings. The second-order valence-electron chi connectivity index (χ2n) is 4.32. The van der Waals surface area contributed by atoms with Crippen LogP contribution in [-0.2, 0) is 16.1 Å². The first kappa shape index (κ1) is 14.9. The zero-order chi connectivity index (χ0) is 14.3. The number of carbonyl (C=O) groups excluding carboxylic acids is 1. The molecule has 6 heteroatoms. The summed E-state index contributed by atoms with van der Waals surface area (Å²) in [5.41, 5.74) is 0.332. The minimum Gasteiger partial charge on any atom is -0.478 e. The van der Waals surface area contributed by atoms with Gasteiger partial charge in [-0.1, -0.05) is 0 Å². The van der Waals surface area contributed by atoms with E-state index in [0.29, 0.717) is 6.54 Å². The first-order valence-electron chi connectivity index (χ1n) is 6.17. The van der Waals surface area contributed by atoms with Crippen LogP contribution in [0.2, 0.25) is 0 Å². The van der Waals surface area contributed by atoms with E-state index in [1.165, 1.54) is 13.8 Å². The maximum Gasteiger partial charge on any atom is 0.331 e. The molecule has 1 heterocycles. The van der Waals surface area contributed by atoms with E-state index < -0.39 is 5.97 Å². The molecule has 0 saturated carbocycles. The van der Waals surface area contributed by atoms with E-state index in [1.54, 1.807) is 12.5 Å². The normalized spacial score (nSPS) is 11.9. The Kier molecular flexibility index (Phi) is 5.78. The number of nitrogens with zero attached hydrogens (tertiary/aromatic N) is 2. The van der Waals surface area contributed by atoms with Gasteiger partial charge in [0.2, 0.25) is 5.91 Å². The summed E-state index contributed by atoms with van der Waals surface area (Å²) in [4.78, 5) is 26.3. The van der Waals surface area contributed by atoms with Crippen LogP contribution in [0.25, 0.3) is 0 Å². The van der Waals surface area contributed by atoms with Gasteiger partial charge in [0.25, 0.3) is 0 Å². The first-order valence-corrected chi connectivity index (χ1v) is 6.17. The highest BCUT2D eigenvalue weighted by Crippen LogP contribution is 2.03. The Morgan fingerprint density at radius 2 is 2.00 bits per heavy atom. The van der Waals surface area contributed by atoms with Crippen molar-refractivity contribution < 1.29 is 14.7 Å². The van der Waals surface area contributed by atoms with Gasteiger partial charge in [-0.15, -0.1) is 0 Å². The Balaban J connectivity index is 2.24. The van der Waals surface area contributed by atoms with Crippen LogP contribution >= 0.6 is 0 Å². The second-order valence-corrected chi connectivity index (χ2v) is 4.32. The van der Waals surface area contributed by atoms with Crippen LogP contribution in [-0.4, -0.2) is 33.1 Å². The van der Waals surface area contributed by atoms with E-state index in [0.717, 1.165) is 19.4 Å².